The van der Waals surface area contributed by atoms with Crippen molar-refractivity contribution in [3.05, 3.63) is 145 Å². The molecule has 0 atom stereocenters. The number of hydrogen-bond donors (Lipinski definition) is 0. The summed E-state index contributed by atoms with van der Waals surface area (Å²) < 4.78 is 0. The Morgan fingerprint density at radius 1 is 0.536 bits per heavy atom. The molecule has 9 heteroatoms. The second-order valence-electron chi connectivity index (χ2n) is 15.7. The maximum absolute atomic E-state index is 4.41. The molecule has 7 rings (SSSR count). The van der Waals surface area contributed by atoms with Crippen LogP contribution in [-0.4, -0.2) is 39.9 Å². The van der Waals surface area contributed by atoms with Gasteiger partial charge in [0.25, 0.3) is 0 Å². The van der Waals surface area contributed by atoms with Crippen molar-refractivity contribution in [2.75, 3.05) is 39.7 Å². The van der Waals surface area contributed by atoms with Crippen molar-refractivity contribution in [1.29, 1.82) is 0 Å². The molecule has 0 bridgehead atoms. The normalized spacial score (nSPS) is 15.5. The molecule has 0 amide bonds. The quantitative estimate of drug-likeness (QED) is 0.109. The second kappa shape index (κ2) is 18.7. The summed E-state index contributed by atoms with van der Waals surface area (Å²) in [5, 5.41) is 0. The number of aromatic nitrogens is 2. The van der Waals surface area contributed by atoms with Gasteiger partial charge >= 0.3 is 0 Å². The van der Waals surface area contributed by atoms with Gasteiger partial charge in [-0.25, -0.2) is 9.97 Å². The third-order valence-electron chi connectivity index (χ3n) is 10.9. The second-order valence-corrected chi connectivity index (χ2v) is 15.7. The van der Waals surface area contributed by atoms with Crippen molar-refractivity contribution in [3.8, 4) is 0 Å². The number of hydrogen-bond acceptors (Lipinski definition) is 8. The Morgan fingerprint density at radius 2 is 0.911 bits per heavy atom. The summed E-state index contributed by atoms with van der Waals surface area (Å²) in [6.45, 7) is 30.7. The van der Waals surface area contributed by atoms with Crippen LogP contribution in [0, 0.1) is 38.2 Å². The molecule has 0 saturated carbocycles. The van der Waals surface area contributed by atoms with E-state index in [1.165, 1.54) is 39.5 Å². The van der Waals surface area contributed by atoms with Gasteiger partial charge < -0.3 is 29.4 Å². The van der Waals surface area contributed by atoms with E-state index in [9.17, 15) is 0 Å². The maximum Gasteiger partial charge on any atom is 0.143 e. The van der Waals surface area contributed by atoms with Gasteiger partial charge in [0.1, 0.15) is 11.6 Å². The van der Waals surface area contributed by atoms with E-state index in [0.717, 1.165) is 54.6 Å². The van der Waals surface area contributed by atoms with E-state index in [2.05, 4.69) is 167 Å². The van der Waals surface area contributed by atoms with Gasteiger partial charge in [0.15, 0.2) is 0 Å². The van der Waals surface area contributed by atoms with Crippen LogP contribution in [0.5, 0.6) is 0 Å². The van der Waals surface area contributed by atoms with Crippen molar-refractivity contribution in [1.82, 2.24) is 19.8 Å². The molecule has 0 fully saturated rings. The van der Waals surface area contributed by atoms with Crippen molar-refractivity contribution in [2.24, 2.45) is 0 Å². The molecule has 1 radical (unpaired) electrons. The molecule has 0 aliphatic carbocycles. The molecule has 1 aromatic heterocycles. The average Bonchev–Trinajstić information content (AvgIpc) is 3.79. The summed E-state index contributed by atoms with van der Waals surface area (Å²) in [7, 11) is 1.97. The fourth-order valence-electron chi connectivity index (χ4n) is 7.00. The maximum atomic E-state index is 4.41. The SMILES string of the molecule is CC(C)c1cc[c-]c(N2[CH-]N(C)c3nccnc32)c1.CC1=C(C)N(c2[c-]ccc(C(C)C)c2)[CH-]N1CCCCN1[CH-]N(c2[c-]ccc(C(C)C)c2)C(C)=C1C.[Ir]. The average molecular weight is 927 g/mol. The molecular formula is C47H58IrN8-6. The van der Waals surface area contributed by atoms with E-state index in [1.807, 2.05) is 41.7 Å². The predicted molar refractivity (Wildman–Crippen MR) is 228 cm³/mol. The Labute approximate surface area is 351 Å². The van der Waals surface area contributed by atoms with Gasteiger partial charge in [0, 0.05) is 43.9 Å². The van der Waals surface area contributed by atoms with Gasteiger partial charge in [0.2, 0.25) is 0 Å². The number of nitrogens with zero attached hydrogens (tertiary/aromatic N) is 8. The third kappa shape index (κ3) is 9.43. The standard InChI is InChI=1S/C32H42N4.C15H16N4.Ir/c1-23(2)29-13-11-15-31(19-29)35-21-33(25(5)27(35)7)17-9-10-18-34-22-36(28(8)26(34)6)32-16-12-14-30(20-32)24(3)4;1-11(2)12-5-4-6-13(9-12)19-10-18(3)14-15(19)17-8-7-16-14;/h11-14,19-24H,9-10,17-18H2,1-8H3;4-5,7-11H,1-3H3;/q-4;-2;. The van der Waals surface area contributed by atoms with Crippen LogP contribution in [0.25, 0.3) is 0 Å². The van der Waals surface area contributed by atoms with Gasteiger partial charge in [-0.15, -0.1) is 41.9 Å². The van der Waals surface area contributed by atoms with Crippen LogP contribution >= 0.6 is 0 Å². The molecular weight excluding hydrogens is 869 g/mol. The Balaban J connectivity index is 0.000000252. The Bertz CT molecular complexity index is 1910. The van der Waals surface area contributed by atoms with Gasteiger partial charge in [-0.3, -0.25) is 0 Å². The summed E-state index contributed by atoms with van der Waals surface area (Å²) in [5.74, 6) is 3.24. The summed E-state index contributed by atoms with van der Waals surface area (Å²) in [5.41, 5.74) is 12.5. The van der Waals surface area contributed by atoms with E-state index in [4.69, 9.17) is 0 Å². The Kier molecular flexibility index (Phi) is 14.3. The van der Waals surface area contributed by atoms with Crippen LogP contribution in [0.1, 0.15) is 117 Å². The molecule has 8 nitrogen and oxygen atoms in total. The zero-order valence-corrected chi connectivity index (χ0v) is 37.4. The molecule has 4 aromatic rings. The van der Waals surface area contributed by atoms with Crippen LogP contribution in [-0.2, 0) is 20.1 Å². The molecule has 0 unspecified atom stereocenters. The van der Waals surface area contributed by atoms with Gasteiger partial charge in [-0.2, -0.15) is 84.6 Å². The van der Waals surface area contributed by atoms with E-state index in [1.54, 1.807) is 12.4 Å². The van der Waals surface area contributed by atoms with E-state index in [-0.39, 0.29) is 20.1 Å². The third-order valence-corrected chi connectivity index (χ3v) is 10.9. The molecule has 3 aromatic carbocycles. The zero-order chi connectivity index (χ0) is 39.4. The largest absolute Gasteiger partial charge is 0.505 e. The molecule has 0 spiro atoms. The first-order chi connectivity index (χ1) is 26.3. The minimum Gasteiger partial charge on any atom is -0.505 e. The van der Waals surface area contributed by atoms with Crippen LogP contribution < -0.4 is 19.6 Å². The van der Waals surface area contributed by atoms with Crippen molar-refractivity contribution < 1.29 is 20.1 Å². The zero-order valence-electron chi connectivity index (χ0n) is 35.1. The van der Waals surface area contributed by atoms with E-state index < -0.39 is 0 Å². The van der Waals surface area contributed by atoms with Crippen LogP contribution in [0.3, 0.4) is 0 Å². The van der Waals surface area contributed by atoms with Crippen molar-refractivity contribution in [2.45, 2.75) is 99.8 Å². The molecule has 0 saturated heterocycles. The monoisotopic (exact) mass is 927 g/mol. The van der Waals surface area contributed by atoms with Crippen LogP contribution in [0.2, 0.25) is 0 Å². The first-order valence-electron chi connectivity index (χ1n) is 19.7. The Morgan fingerprint density at radius 3 is 1.30 bits per heavy atom. The van der Waals surface area contributed by atoms with Crippen LogP contribution in [0.4, 0.5) is 28.7 Å². The molecule has 4 heterocycles. The van der Waals surface area contributed by atoms with Gasteiger partial charge in [-0.1, -0.05) is 41.5 Å². The molecule has 3 aliphatic rings. The summed E-state index contributed by atoms with van der Waals surface area (Å²) in [6, 6.07) is 29.3. The number of allylic oxidation sites excluding steroid dienone is 4. The fraction of sp³-hybridized carbons (Fsp3) is 0.383. The van der Waals surface area contributed by atoms with Crippen LogP contribution in [0.15, 0.2) is 89.8 Å². The number of anilines is 5. The minimum atomic E-state index is 0. The van der Waals surface area contributed by atoms with Gasteiger partial charge in [0.05, 0.1) is 0 Å². The van der Waals surface area contributed by atoms with Gasteiger partial charge in [-0.05, 0) is 89.8 Å². The number of unbranched alkanes of at least 4 members (excludes halogenated alkanes) is 1. The number of fused-ring (bicyclic) bond motifs is 1. The fourth-order valence-corrected chi connectivity index (χ4v) is 7.00. The summed E-state index contributed by atoms with van der Waals surface area (Å²) >= 11 is 0. The number of rotatable bonds is 11. The van der Waals surface area contributed by atoms with Crippen molar-refractivity contribution in [3.63, 3.8) is 0 Å². The summed E-state index contributed by atoms with van der Waals surface area (Å²) in [6.07, 6.45) is 5.69. The van der Waals surface area contributed by atoms with E-state index >= 15 is 0 Å². The van der Waals surface area contributed by atoms with E-state index in [0.29, 0.717) is 17.8 Å². The molecule has 0 N–H and O–H groups in total. The first kappa shape index (κ1) is 42.8. The molecule has 3 aliphatic heterocycles. The first-order valence-corrected chi connectivity index (χ1v) is 19.7. The molecule has 301 valence electrons. The minimum absolute atomic E-state index is 0. The topological polar surface area (TPSA) is 45.2 Å². The predicted octanol–water partition coefficient (Wildman–Crippen LogP) is 11.1. The van der Waals surface area contributed by atoms with Crippen molar-refractivity contribution >= 4 is 28.7 Å². The molecule has 56 heavy (non-hydrogen) atoms. The summed E-state index contributed by atoms with van der Waals surface area (Å²) in [4.78, 5) is 22.1. The number of benzene rings is 3. The Hall–Kier alpha value is -4.33. The smallest absolute Gasteiger partial charge is 0.143 e.